The number of fused-ring (bicyclic) bond motifs is 1. The zero-order valence-corrected chi connectivity index (χ0v) is 13.4. The third kappa shape index (κ3) is 3.96. The first-order valence-corrected chi connectivity index (χ1v) is 7.67. The van der Waals surface area contributed by atoms with Crippen LogP contribution in [-0.2, 0) is 5.41 Å². The molecule has 0 N–H and O–H groups in total. The van der Waals surface area contributed by atoms with Crippen molar-refractivity contribution >= 4 is 0 Å². The van der Waals surface area contributed by atoms with Crippen molar-refractivity contribution in [1.82, 2.24) is 0 Å². The Morgan fingerprint density at radius 2 is 1.89 bits per heavy atom. The van der Waals surface area contributed by atoms with Crippen molar-refractivity contribution in [2.75, 3.05) is 0 Å². The van der Waals surface area contributed by atoms with Crippen molar-refractivity contribution in [3.05, 3.63) is 48.0 Å². The van der Waals surface area contributed by atoms with Crippen LogP contribution in [0.4, 0.5) is 0 Å². The van der Waals surface area contributed by atoms with Gasteiger partial charge < -0.3 is 0 Å². The third-order valence-corrected chi connectivity index (χ3v) is 3.97. The molecule has 0 heteroatoms. The number of rotatable bonds is 2. The highest BCUT2D eigenvalue weighted by Gasteiger charge is 2.32. The van der Waals surface area contributed by atoms with Crippen LogP contribution in [0.1, 0.15) is 70.9 Å². The quantitative estimate of drug-likeness (QED) is 0.564. The highest BCUT2D eigenvalue weighted by molar-refractivity contribution is 5.41. The van der Waals surface area contributed by atoms with E-state index in [4.69, 9.17) is 0 Å². The summed E-state index contributed by atoms with van der Waals surface area (Å²) in [6.45, 7) is 15.1. The Morgan fingerprint density at radius 3 is 2.42 bits per heavy atom. The van der Waals surface area contributed by atoms with E-state index in [-0.39, 0.29) is 5.41 Å². The summed E-state index contributed by atoms with van der Waals surface area (Å²) in [4.78, 5) is 0. The van der Waals surface area contributed by atoms with Gasteiger partial charge in [-0.3, -0.25) is 0 Å². The molecule has 1 aliphatic carbocycles. The summed E-state index contributed by atoms with van der Waals surface area (Å²) >= 11 is 0. The van der Waals surface area contributed by atoms with Crippen LogP contribution in [0.3, 0.4) is 0 Å². The van der Waals surface area contributed by atoms with Crippen molar-refractivity contribution in [1.29, 1.82) is 0 Å². The van der Waals surface area contributed by atoms with Crippen LogP contribution >= 0.6 is 0 Å². The Balaban J connectivity index is 0.000000399. The number of hydrogen-bond acceptors (Lipinski definition) is 0. The van der Waals surface area contributed by atoms with Gasteiger partial charge in [0.25, 0.3) is 0 Å². The summed E-state index contributed by atoms with van der Waals surface area (Å²) < 4.78 is 0. The van der Waals surface area contributed by atoms with Gasteiger partial charge in [-0.2, -0.15) is 0 Å². The molecular formula is C19H30. The predicted molar refractivity (Wildman–Crippen MR) is 86.8 cm³/mol. The maximum absolute atomic E-state index is 4.01. The van der Waals surface area contributed by atoms with Gasteiger partial charge in [-0.25, -0.2) is 0 Å². The van der Waals surface area contributed by atoms with Crippen LogP contribution in [0, 0.1) is 5.92 Å². The van der Waals surface area contributed by atoms with Crippen LogP contribution in [-0.4, -0.2) is 0 Å². The molecule has 1 aliphatic rings. The third-order valence-electron chi connectivity index (χ3n) is 3.97. The lowest BCUT2D eigenvalue weighted by atomic mass is 9.67. The summed E-state index contributed by atoms with van der Waals surface area (Å²) in [5.41, 5.74) is 3.24. The molecule has 2 rings (SSSR count). The summed E-state index contributed by atoms with van der Waals surface area (Å²) in [5, 5.41) is 0. The Hall–Kier alpha value is -1.04. The van der Waals surface area contributed by atoms with E-state index >= 15 is 0 Å². The van der Waals surface area contributed by atoms with Crippen molar-refractivity contribution in [3.8, 4) is 0 Å². The highest BCUT2D eigenvalue weighted by Crippen LogP contribution is 2.44. The second-order valence-electron chi connectivity index (χ2n) is 6.58. The molecule has 1 aromatic rings. The fourth-order valence-corrected chi connectivity index (χ4v) is 2.77. The maximum Gasteiger partial charge on any atom is 0.0104 e. The van der Waals surface area contributed by atoms with Crippen LogP contribution in [0.2, 0.25) is 0 Å². The van der Waals surface area contributed by atoms with Crippen LogP contribution < -0.4 is 0 Å². The highest BCUT2D eigenvalue weighted by atomic mass is 14.4. The second-order valence-corrected chi connectivity index (χ2v) is 6.58. The molecular weight excluding hydrogens is 228 g/mol. The summed E-state index contributed by atoms with van der Waals surface area (Å²) in [6.07, 6.45) is 5.92. The molecule has 2 unspecified atom stereocenters. The van der Waals surface area contributed by atoms with Gasteiger partial charge in [-0.15, -0.1) is 6.58 Å². The first-order valence-electron chi connectivity index (χ1n) is 7.67. The molecule has 0 spiro atoms. The number of allylic oxidation sites excluding steroid dienone is 1. The molecule has 2 atom stereocenters. The van der Waals surface area contributed by atoms with Crippen LogP contribution in [0.15, 0.2) is 36.9 Å². The van der Waals surface area contributed by atoms with Gasteiger partial charge in [-0.05, 0) is 42.2 Å². The molecule has 0 fully saturated rings. The van der Waals surface area contributed by atoms with Gasteiger partial charge >= 0.3 is 0 Å². The van der Waals surface area contributed by atoms with E-state index in [1.54, 1.807) is 5.56 Å². The molecule has 0 saturated carbocycles. The minimum absolute atomic E-state index is 0.197. The fraction of sp³-hybridized carbons (Fsp3) is 0.579. The standard InChI is InChI=1S/C15H20.C4H10/c1-4-12-10-11-15(3,5-2)14-9-7-6-8-13(12)14;1-4(2)3/h5-9,12H,2,4,10-11H2,1,3H3;4H,1-3H3. The fourth-order valence-electron chi connectivity index (χ4n) is 2.77. The van der Waals surface area contributed by atoms with Crippen molar-refractivity contribution in [3.63, 3.8) is 0 Å². The molecule has 0 bridgehead atoms. The Kier molecular flexibility index (Phi) is 5.85. The van der Waals surface area contributed by atoms with Gasteiger partial charge in [-0.1, -0.05) is 65.0 Å². The van der Waals surface area contributed by atoms with Crippen LogP contribution in [0.25, 0.3) is 0 Å². The van der Waals surface area contributed by atoms with Gasteiger partial charge in [0, 0.05) is 5.41 Å². The van der Waals surface area contributed by atoms with Crippen molar-refractivity contribution in [2.24, 2.45) is 5.92 Å². The van der Waals surface area contributed by atoms with Crippen molar-refractivity contribution < 1.29 is 0 Å². The molecule has 0 saturated heterocycles. The second kappa shape index (κ2) is 6.93. The smallest absolute Gasteiger partial charge is 0.0104 e. The van der Waals surface area contributed by atoms with E-state index in [9.17, 15) is 0 Å². The molecule has 0 radical (unpaired) electrons. The van der Waals surface area contributed by atoms with Crippen LogP contribution in [0.5, 0.6) is 0 Å². The molecule has 106 valence electrons. The van der Waals surface area contributed by atoms with Crippen molar-refractivity contribution in [2.45, 2.75) is 65.2 Å². The molecule has 0 nitrogen and oxygen atoms in total. The average Bonchev–Trinajstić information content (AvgIpc) is 2.39. The topological polar surface area (TPSA) is 0 Å². The van der Waals surface area contributed by atoms with E-state index in [0.29, 0.717) is 0 Å². The first kappa shape index (κ1) is 16.0. The van der Waals surface area contributed by atoms with Gasteiger partial charge in [0.15, 0.2) is 0 Å². The van der Waals surface area contributed by atoms with Gasteiger partial charge in [0.1, 0.15) is 0 Å². The average molecular weight is 258 g/mol. The minimum Gasteiger partial charge on any atom is -0.102 e. The van der Waals surface area contributed by atoms with E-state index < -0.39 is 0 Å². The lowest BCUT2D eigenvalue weighted by Crippen LogP contribution is -2.27. The molecule has 0 heterocycles. The SMILES string of the molecule is C=CC1(C)CCC(CC)c2ccccc21.CC(C)C. The monoisotopic (exact) mass is 258 g/mol. The molecule has 1 aromatic carbocycles. The Labute approximate surface area is 119 Å². The normalized spacial score (nSPS) is 25.3. The minimum atomic E-state index is 0.197. The Morgan fingerprint density at radius 1 is 1.32 bits per heavy atom. The van der Waals surface area contributed by atoms with Gasteiger partial charge in [0.2, 0.25) is 0 Å². The first-order chi connectivity index (χ1) is 8.94. The predicted octanol–water partition coefficient (Wildman–Crippen LogP) is 6.08. The lowest BCUT2D eigenvalue weighted by molar-refractivity contribution is 0.423. The maximum atomic E-state index is 4.01. The largest absolute Gasteiger partial charge is 0.102 e. The van der Waals surface area contributed by atoms with E-state index in [1.165, 1.54) is 24.8 Å². The molecule has 0 aliphatic heterocycles. The zero-order chi connectivity index (χ0) is 14.5. The summed E-state index contributed by atoms with van der Waals surface area (Å²) in [6, 6.07) is 8.89. The zero-order valence-electron chi connectivity index (χ0n) is 13.4. The van der Waals surface area contributed by atoms with E-state index in [2.05, 4.69) is 71.5 Å². The van der Waals surface area contributed by atoms with Gasteiger partial charge in [0.05, 0.1) is 0 Å². The molecule has 19 heavy (non-hydrogen) atoms. The van der Waals surface area contributed by atoms with E-state index in [0.717, 1.165) is 11.8 Å². The molecule has 0 aromatic heterocycles. The number of benzene rings is 1. The number of hydrogen-bond donors (Lipinski definition) is 0. The lowest BCUT2D eigenvalue weighted by Gasteiger charge is -2.37. The Bertz CT molecular complexity index is 399. The van der Waals surface area contributed by atoms with E-state index in [1.807, 2.05) is 0 Å². The summed E-state index contributed by atoms with van der Waals surface area (Å²) in [7, 11) is 0. The molecule has 0 amide bonds. The summed E-state index contributed by atoms with van der Waals surface area (Å²) in [5.74, 6) is 1.59.